The molecule has 0 aliphatic rings. The number of aromatic amines is 1. The first-order valence-electron chi connectivity index (χ1n) is 10.6. The maximum Gasteiger partial charge on any atom is 0.416 e. The average molecular weight is 479 g/mol. The van der Waals surface area contributed by atoms with Crippen LogP contribution in [0.5, 0.6) is 0 Å². The summed E-state index contributed by atoms with van der Waals surface area (Å²) < 4.78 is 39.0. The second kappa shape index (κ2) is 9.46. The van der Waals surface area contributed by atoms with Crippen LogP contribution >= 0.6 is 0 Å². The average Bonchev–Trinajstić information content (AvgIpc) is 2.83. The number of alkyl halides is 3. The van der Waals surface area contributed by atoms with Gasteiger partial charge in [0.2, 0.25) is 5.56 Å². The standard InChI is InChI=1S/C26H20F3N3O3/c1-15(16-6-4-8-18(12-16)26(27,28)29)30-24(34)17-7-5-9-19(13-17)31-25(35)21-14-23(33)32-22-11-3-2-10-20(21)22/h2-15H,1H3,(H,30,34)(H,31,35)(H,32,33). The number of carbonyl (C=O) groups excluding carboxylic acids is 2. The Bertz CT molecular complexity index is 1480. The summed E-state index contributed by atoms with van der Waals surface area (Å²) in [5, 5.41) is 5.92. The molecule has 9 heteroatoms. The van der Waals surface area contributed by atoms with Gasteiger partial charge in [-0.15, -0.1) is 0 Å². The van der Waals surface area contributed by atoms with Crippen LogP contribution in [0.1, 0.15) is 44.8 Å². The van der Waals surface area contributed by atoms with E-state index in [1.807, 2.05) is 0 Å². The Morgan fingerprint density at radius 1 is 0.886 bits per heavy atom. The van der Waals surface area contributed by atoms with E-state index < -0.39 is 35.2 Å². The number of aromatic nitrogens is 1. The van der Waals surface area contributed by atoms with Crippen molar-refractivity contribution in [3.8, 4) is 0 Å². The molecule has 3 N–H and O–H groups in total. The highest BCUT2D eigenvalue weighted by Gasteiger charge is 2.30. The summed E-state index contributed by atoms with van der Waals surface area (Å²) >= 11 is 0. The van der Waals surface area contributed by atoms with Gasteiger partial charge < -0.3 is 15.6 Å². The molecule has 178 valence electrons. The number of H-pyrrole nitrogens is 1. The van der Waals surface area contributed by atoms with Crippen LogP contribution in [0.4, 0.5) is 18.9 Å². The third-order valence-corrected chi connectivity index (χ3v) is 5.44. The molecule has 0 saturated heterocycles. The molecule has 6 nitrogen and oxygen atoms in total. The Labute approximate surface area is 197 Å². The minimum atomic E-state index is -4.48. The maximum atomic E-state index is 13.0. The van der Waals surface area contributed by atoms with Gasteiger partial charge in [0.15, 0.2) is 0 Å². The smallest absolute Gasteiger partial charge is 0.346 e. The molecule has 4 aromatic rings. The number of para-hydroxylation sites is 1. The molecular weight excluding hydrogens is 459 g/mol. The Balaban J connectivity index is 1.51. The lowest BCUT2D eigenvalue weighted by molar-refractivity contribution is -0.137. The predicted molar refractivity (Wildman–Crippen MR) is 126 cm³/mol. The van der Waals surface area contributed by atoms with Gasteiger partial charge in [-0.1, -0.05) is 36.4 Å². The molecule has 1 unspecified atom stereocenters. The second-order valence-corrected chi connectivity index (χ2v) is 7.95. The minimum absolute atomic E-state index is 0.178. The topological polar surface area (TPSA) is 91.1 Å². The van der Waals surface area contributed by atoms with Crippen LogP contribution in [-0.4, -0.2) is 16.8 Å². The number of hydrogen-bond acceptors (Lipinski definition) is 3. The van der Waals surface area contributed by atoms with Gasteiger partial charge in [0.05, 0.1) is 17.2 Å². The molecule has 0 aliphatic carbocycles. The lowest BCUT2D eigenvalue weighted by Gasteiger charge is -2.16. The van der Waals surface area contributed by atoms with Gasteiger partial charge in [0, 0.05) is 28.2 Å². The summed E-state index contributed by atoms with van der Waals surface area (Å²) in [7, 11) is 0. The van der Waals surface area contributed by atoms with E-state index in [-0.39, 0.29) is 11.1 Å². The van der Waals surface area contributed by atoms with Crippen LogP contribution in [0.25, 0.3) is 10.9 Å². The fourth-order valence-corrected chi connectivity index (χ4v) is 3.68. The molecular formula is C26H20F3N3O3. The molecule has 35 heavy (non-hydrogen) atoms. The zero-order valence-electron chi connectivity index (χ0n) is 18.4. The van der Waals surface area contributed by atoms with Crippen molar-refractivity contribution in [3.05, 3.63) is 111 Å². The van der Waals surface area contributed by atoms with Crippen LogP contribution < -0.4 is 16.2 Å². The Morgan fingerprint density at radius 3 is 2.40 bits per heavy atom. The molecule has 2 amide bonds. The van der Waals surface area contributed by atoms with Crippen molar-refractivity contribution in [1.29, 1.82) is 0 Å². The molecule has 3 aromatic carbocycles. The number of fused-ring (bicyclic) bond motifs is 1. The van der Waals surface area contributed by atoms with Crippen molar-refractivity contribution < 1.29 is 22.8 Å². The van der Waals surface area contributed by atoms with Gasteiger partial charge >= 0.3 is 6.18 Å². The number of nitrogens with one attached hydrogen (secondary N) is 3. The molecule has 4 rings (SSSR count). The van der Waals surface area contributed by atoms with Gasteiger partial charge in [-0.05, 0) is 48.9 Å². The van der Waals surface area contributed by atoms with Crippen LogP contribution in [0.3, 0.4) is 0 Å². The number of anilines is 1. The summed E-state index contributed by atoms with van der Waals surface area (Å²) in [5.74, 6) is -1.05. The highest BCUT2D eigenvalue weighted by atomic mass is 19.4. The van der Waals surface area contributed by atoms with E-state index in [4.69, 9.17) is 0 Å². The highest BCUT2D eigenvalue weighted by Crippen LogP contribution is 2.30. The van der Waals surface area contributed by atoms with E-state index in [2.05, 4.69) is 15.6 Å². The van der Waals surface area contributed by atoms with Crippen molar-refractivity contribution in [2.45, 2.75) is 19.1 Å². The highest BCUT2D eigenvalue weighted by molar-refractivity contribution is 6.12. The van der Waals surface area contributed by atoms with Gasteiger partial charge in [0.1, 0.15) is 0 Å². The van der Waals surface area contributed by atoms with E-state index in [9.17, 15) is 27.6 Å². The third kappa shape index (κ3) is 5.40. The van der Waals surface area contributed by atoms with Crippen LogP contribution in [0.15, 0.2) is 83.7 Å². The zero-order chi connectivity index (χ0) is 25.2. The quantitative estimate of drug-likeness (QED) is 0.363. The molecule has 0 fully saturated rings. The monoisotopic (exact) mass is 479 g/mol. The van der Waals surface area contributed by atoms with Gasteiger partial charge in [0.25, 0.3) is 11.8 Å². The Hall–Kier alpha value is -4.40. The van der Waals surface area contributed by atoms with E-state index in [0.717, 1.165) is 12.1 Å². The number of carbonyl (C=O) groups is 2. The van der Waals surface area contributed by atoms with Gasteiger partial charge in [-0.25, -0.2) is 0 Å². The van der Waals surface area contributed by atoms with Crippen LogP contribution in [0.2, 0.25) is 0 Å². The lowest BCUT2D eigenvalue weighted by Crippen LogP contribution is -2.27. The van der Waals surface area contributed by atoms with Crippen molar-refractivity contribution in [1.82, 2.24) is 10.3 Å². The molecule has 0 bridgehead atoms. The number of rotatable bonds is 5. The maximum absolute atomic E-state index is 13.0. The van der Waals surface area contributed by atoms with E-state index >= 15 is 0 Å². The Kier molecular flexibility index (Phi) is 6.42. The second-order valence-electron chi connectivity index (χ2n) is 7.95. The number of hydrogen-bond donors (Lipinski definition) is 3. The molecule has 0 radical (unpaired) electrons. The normalized spacial score (nSPS) is 12.2. The first-order chi connectivity index (χ1) is 16.6. The summed E-state index contributed by atoms with van der Waals surface area (Å²) in [4.78, 5) is 40.2. The molecule has 0 spiro atoms. The van der Waals surface area contributed by atoms with Crippen molar-refractivity contribution >= 4 is 28.4 Å². The predicted octanol–water partition coefficient (Wildman–Crippen LogP) is 5.29. The summed E-state index contributed by atoms with van der Waals surface area (Å²) in [6.07, 6.45) is -4.48. The van der Waals surface area contributed by atoms with Crippen LogP contribution in [-0.2, 0) is 6.18 Å². The van der Waals surface area contributed by atoms with Crippen molar-refractivity contribution in [3.63, 3.8) is 0 Å². The molecule has 1 heterocycles. The lowest BCUT2D eigenvalue weighted by atomic mass is 10.0. The van der Waals surface area contributed by atoms with Gasteiger partial charge in [-0.2, -0.15) is 13.2 Å². The summed E-state index contributed by atoms with van der Waals surface area (Å²) in [6, 6.07) is 18.2. The van der Waals surface area contributed by atoms with Gasteiger partial charge in [-0.3, -0.25) is 14.4 Å². The Morgan fingerprint density at radius 2 is 1.63 bits per heavy atom. The molecule has 0 aliphatic heterocycles. The zero-order valence-corrected chi connectivity index (χ0v) is 18.4. The largest absolute Gasteiger partial charge is 0.416 e. The number of benzene rings is 3. The third-order valence-electron chi connectivity index (χ3n) is 5.44. The fraction of sp³-hybridized carbons (Fsp3) is 0.115. The minimum Gasteiger partial charge on any atom is -0.346 e. The van der Waals surface area contributed by atoms with E-state index in [1.54, 1.807) is 43.3 Å². The van der Waals surface area contributed by atoms with Crippen LogP contribution in [0, 0.1) is 0 Å². The van der Waals surface area contributed by atoms with Crippen molar-refractivity contribution in [2.75, 3.05) is 5.32 Å². The van der Waals surface area contributed by atoms with E-state index in [1.165, 1.54) is 30.3 Å². The number of halogens is 3. The van der Waals surface area contributed by atoms with Crippen molar-refractivity contribution in [2.24, 2.45) is 0 Å². The first-order valence-corrected chi connectivity index (χ1v) is 10.6. The van der Waals surface area contributed by atoms with E-state index in [0.29, 0.717) is 22.2 Å². The fourth-order valence-electron chi connectivity index (χ4n) is 3.68. The molecule has 1 atom stereocenters. The molecule has 0 saturated carbocycles. The number of amides is 2. The SMILES string of the molecule is CC(NC(=O)c1cccc(NC(=O)c2cc(=O)[nH]c3ccccc23)c1)c1cccc(C(F)(F)F)c1. The number of pyridine rings is 1. The summed E-state index contributed by atoms with van der Waals surface area (Å²) in [5.41, 5.74) is 0.299. The first kappa shape index (κ1) is 23.7. The summed E-state index contributed by atoms with van der Waals surface area (Å²) in [6.45, 7) is 1.58. The molecule has 1 aromatic heterocycles.